The molecule has 2 unspecified atom stereocenters. The molecular formula is C16H28O6. The maximum absolute atomic E-state index is 11.5. The molecule has 1 aliphatic heterocycles. The number of carbonyl (C=O) groups excluding carboxylic acids is 1. The van der Waals surface area contributed by atoms with E-state index in [1.54, 1.807) is 0 Å². The highest BCUT2D eigenvalue weighted by Crippen LogP contribution is 2.43. The topological polar surface area (TPSA) is 63.2 Å². The molecule has 2 aliphatic rings. The van der Waals surface area contributed by atoms with Gasteiger partial charge < -0.3 is 23.7 Å². The summed E-state index contributed by atoms with van der Waals surface area (Å²) in [7, 11) is 0. The fourth-order valence-corrected chi connectivity index (χ4v) is 3.39. The van der Waals surface area contributed by atoms with Crippen LogP contribution in [0, 0.1) is 11.8 Å². The Labute approximate surface area is 132 Å². The van der Waals surface area contributed by atoms with Crippen LogP contribution in [0.5, 0.6) is 0 Å². The predicted molar refractivity (Wildman–Crippen MR) is 79.1 cm³/mol. The lowest BCUT2D eigenvalue weighted by atomic mass is 9.93. The molecule has 0 bridgehead atoms. The lowest BCUT2D eigenvalue weighted by molar-refractivity contribution is -0.186. The second-order valence-electron chi connectivity index (χ2n) is 5.85. The Hall–Kier alpha value is -0.690. The van der Waals surface area contributed by atoms with Gasteiger partial charge in [0.15, 0.2) is 12.6 Å². The molecule has 0 N–H and O–H groups in total. The van der Waals surface area contributed by atoms with Crippen LogP contribution in [0.1, 0.15) is 40.5 Å². The van der Waals surface area contributed by atoms with Gasteiger partial charge in [0.2, 0.25) is 0 Å². The summed E-state index contributed by atoms with van der Waals surface area (Å²) in [6.07, 6.45) is 0.569. The fraction of sp³-hybridized carbons (Fsp3) is 0.938. The van der Waals surface area contributed by atoms with Crippen LogP contribution in [0.25, 0.3) is 0 Å². The lowest BCUT2D eigenvalue weighted by Gasteiger charge is -2.27. The lowest BCUT2D eigenvalue weighted by Crippen LogP contribution is -2.32. The average molecular weight is 316 g/mol. The number of ether oxygens (including phenoxy) is 5. The standard InChI is InChI=1S/C16H28O6/c1-5-18-10(3)20-9-13-12-7-16(17)22-14(12)8-15(13)21-11(4)19-6-2/h10-15H,5-9H2,1-4H3/t10?,11?,12-,13-,14+,15-/m1/s1. The third-order valence-electron chi connectivity index (χ3n) is 4.35. The molecule has 2 rings (SSSR count). The molecule has 1 aliphatic carbocycles. The van der Waals surface area contributed by atoms with Crippen molar-refractivity contribution in [1.29, 1.82) is 0 Å². The zero-order chi connectivity index (χ0) is 16.1. The summed E-state index contributed by atoms with van der Waals surface area (Å²) < 4.78 is 28.0. The van der Waals surface area contributed by atoms with Gasteiger partial charge >= 0.3 is 5.97 Å². The minimum absolute atomic E-state index is 0.0153. The first-order valence-corrected chi connectivity index (χ1v) is 8.24. The Kier molecular flexibility index (Phi) is 6.62. The van der Waals surface area contributed by atoms with Crippen molar-refractivity contribution in [2.45, 2.75) is 65.3 Å². The number of carbonyl (C=O) groups is 1. The monoisotopic (exact) mass is 316 g/mol. The van der Waals surface area contributed by atoms with Crippen LogP contribution in [-0.2, 0) is 28.5 Å². The van der Waals surface area contributed by atoms with Gasteiger partial charge in [0, 0.05) is 31.5 Å². The van der Waals surface area contributed by atoms with E-state index in [0.717, 1.165) is 0 Å². The average Bonchev–Trinajstić information content (AvgIpc) is 2.93. The van der Waals surface area contributed by atoms with Gasteiger partial charge in [0.1, 0.15) is 6.10 Å². The summed E-state index contributed by atoms with van der Waals surface area (Å²) in [5.74, 6) is 0.177. The second kappa shape index (κ2) is 8.24. The van der Waals surface area contributed by atoms with E-state index in [-0.39, 0.29) is 42.6 Å². The van der Waals surface area contributed by atoms with Crippen LogP contribution in [0.2, 0.25) is 0 Å². The van der Waals surface area contributed by atoms with Crippen molar-refractivity contribution in [3.05, 3.63) is 0 Å². The first kappa shape index (κ1) is 17.7. The summed E-state index contributed by atoms with van der Waals surface area (Å²) in [5, 5.41) is 0. The Morgan fingerprint density at radius 3 is 2.50 bits per heavy atom. The van der Waals surface area contributed by atoms with Crippen molar-refractivity contribution in [1.82, 2.24) is 0 Å². The van der Waals surface area contributed by atoms with Gasteiger partial charge in [0.25, 0.3) is 0 Å². The van der Waals surface area contributed by atoms with Crippen molar-refractivity contribution in [2.75, 3.05) is 19.8 Å². The number of rotatable bonds is 9. The first-order chi connectivity index (χ1) is 10.5. The van der Waals surface area contributed by atoms with Gasteiger partial charge in [-0.3, -0.25) is 4.79 Å². The molecule has 1 saturated heterocycles. The number of esters is 1. The Morgan fingerprint density at radius 1 is 1.14 bits per heavy atom. The number of fused-ring (bicyclic) bond motifs is 1. The van der Waals surface area contributed by atoms with Gasteiger partial charge in [-0.05, 0) is 27.7 Å². The first-order valence-electron chi connectivity index (χ1n) is 8.24. The molecule has 6 heteroatoms. The van der Waals surface area contributed by atoms with Crippen molar-refractivity contribution in [2.24, 2.45) is 11.8 Å². The zero-order valence-corrected chi connectivity index (χ0v) is 13.9. The van der Waals surface area contributed by atoms with Crippen LogP contribution in [-0.4, -0.2) is 50.6 Å². The summed E-state index contributed by atoms with van der Waals surface area (Å²) in [6.45, 7) is 9.37. The van der Waals surface area contributed by atoms with Gasteiger partial charge in [-0.25, -0.2) is 0 Å². The zero-order valence-electron chi connectivity index (χ0n) is 13.9. The van der Waals surface area contributed by atoms with E-state index < -0.39 is 0 Å². The molecule has 0 aromatic carbocycles. The van der Waals surface area contributed by atoms with Crippen LogP contribution < -0.4 is 0 Å². The molecule has 0 aromatic heterocycles. The third-order valence-corrected chi connectivity index (χ3v) is 4.35. The van der Waals surface area contributed by atoms with Crippen molar-refractivity contribution in [3.63, 3.8) is 0 Å². The number of hydrogen-bond donors (Lipinski definition) is 0. The van der Waals surface area contributed by atoms with Crippen molar-refractivity contribution >= 4 is 5.97 Å². The Balaban J connectivity index is 1.93. The van der Waals surface area contributed by atoms with Gasteiger partial charge in [-0.15, -0.1) is 0 Å². The van der Waals surface area contributed by atoms with E-state index in [1.807, 2.05) is 27.7 Å². The molecule has 2 fully saturated rings. The van der Waals surface area contributed by atoms with E-state index >= 15 is 0 Å². The SMILES string of the molecule is CCOC(C)OC[C@@H]1[C@H]2CC(=O)O[C@H]2C[C@H]1OC(C)OCC. The summed E-state index contributed by atoms with van der Waals surface area (Å²) >= 11 is 0. The van der Waals surface area contributed by atoms with Gasteiger partial charge in [-0.1, -0.05) is 0 Å². The van der Waals surface area contributed by atoms with Gasteiger partial charge in [-0.2, -0.15) is 0 Å². The molecule has 22 heavy (non-hydrogen) atoms. The normalized spacial score (nSPS) is 33.5. The van der Waals surface area contributed by atoms with Crippen molar-refractivity contribution < 1.29 is 28.5 Å². The molecule has 0 amide bonds. The highest BCUT2D eigenvalue weighted by atomic mass is 16.7. The largest absolute Gasteiger partial charge is 0.462 e. The molecule has 0 spiro atoms. The molecule has 6 atom stereocenters. The highest BCUT2D eigenvalue weighted by molar-refractivity contribution is 5.72. The quantitative estimate of drug-likeness (QED) is 0.479. The molecule has 0 radical (unpaired) electrons. The van der Waals surface area contributed by atoms with E-state index in [2.05, 4.69) is 0 Å². The maximum Gasteiger partial charge on any atom is 0.306 e. The van der Waals surface area contributed by atoms with E-state index in [9.17, 15) is 4.79 Å². The fourth-order valence-electron chi connectivity index (χ4n) is 3.39. The number of hydrogen-bond acceptors (Lipinski definition) is 6. The van der Waals surface area contributed by atoms with E-state index in [1.165, 1.54) is 0 Å². The molecular weight excluding hydrogens is 288 g/mol. The van der Waals surface area contributed by atoms with Crippen LogP contribution in [0.15, 0.2) is 0 Å². The molecule has 1 heterocycles. The Morgan fingerprint density at radius 2 is 1.82 bits per heavy atom. The van der Waals surface area contributed by atoms with Crippen molar-refractivity contribution in [3.8, 4) is 0 Å². The second-order valence-corrected chi connectivity index (χ2v) is 5.85. The van der Waals surface area contributed by atoms with Crippen LogP contribution in [0.3, 0.4) is 0 Å². The summed E-state index contributed by atoms with van der Waals surface area (Å²) in [5.41, 5.74) is 0. The van der Waals surface area contributed by atoms with E-state index in [0.29, 0.717) is 32.7 Å². The summed E-state index contributed by atoms with van der Waals surface area (Å²) in [4.78, 5) is 11.5. The molecule has 1 saturated carbocycles. The van der Waals surface area contributed by atoms with Crippen LogP contribution in [0.4, 0.5) is 0 Å². The highest BCUT2D eigenvalue weighted by Gasteiger charge is 2.51. The van der Waals surface area contributed by atoms with Gasteiger partial charge in [0.05, 0.1) is 19.1 Å². The van der Waals surface area contributed by atoms with Crippen LogP contribution >= 0.6 is 0 Å². The predicted octanol–water partition coefficient (Wildman–Crippen LogP) is 2.10. The minimum Gasteiger partial charge on any atom is -0.462 e. The smallest absolute Gasteiger partial charge is 0.306 e. The maximum atomic E-state index is 11.5. The molecule has 6 nitrogen and oxygen atoms in total. The van der Waals surface area contributed by atoms with E-state index in [4.69, 9.17) is 23.7 Å². The third kappa shape index (κ3) is 4.41. The molecule has 128 valence electrons. The minimum atomic E-state index is -0.267. The summed E-state index contributed by atoms with van der Waals surface area (Å²) in [6, 6.07) is 0. The molecule has 0 aromatic rings. The Bertz CT molecular complexity index is 361.